The molecule has 0 amide bonds. The molecule has 14 heavy (non-hydrogen) atoms. The molecule has 0 aliphatic rings. The fraction of sp³-hybridized carbons (Fsp3) is 0.0909. The van der Waals surface area contributed by atoms with Crippen LogP contribution in [0.1, 0.15) is 15.9 Å². The van der Waals surface area contributed by atoms with Gasteiger partial charge in [0.25, 0.3) is 0 Å². The molecule has 0 fully saturated rings. The summed E-state index contributed by atoms with van der Waals surface area (Å²) >= 11 is 0. The summed E-state index contributed by atoms with van der Waals surface area (Å²) in [4.78, 5) is 21.3. The lowest BCUT2D eigenvalue weighted by atomic mass is 10.1. The molecule has 0 spiro atoms. The van der Waals surface area contributed by atoms with Gasteiger partial charge in [0.2, 0.25) is 5.78 Å². The highest BCUT2D eigenvalue weighted by Crippen LogP contribution is 2.03. The van der Waals surface area contributed by atoms with E-state index >= 15 is 0 Å². The van der Waals surface area contributed by atoms with Crippen LogP contribution in [0.15, 0.2) is 24.3 Å². The summed E-state index contributed by atoms with van der Waals surface area (Å²) in [6, 6.07) is 6.84. The van der Waals surface area contributed by atoms with Crippen molar-refractivity contribution in [2.24, 2.45) is 0 Å². The minimum Gasteiger partial charge on any atom is -0.472 e. The number of carboxylic acids is 1. The average Bonchev–Trinajstić information content (AvgIpc) is 2.14. The van der Waals surface area contributed by atoms with Gasteiger partial charge in [-0.1, -0.05) is 23.8 Å². The Labute approximate surface area is 81.4 Å². The van der Waals surface area contributed by atoms with Gasteiger partial charge < -0.3 is 5.11 Å². The van der Waals surface area contributed by atoms with Crippen molar-refractivity contribution in [3.63, 3.8) is 0 Å². The van der Waals surface area contributed by atoms with E-state index in [9.17, 15) is 9.59 Å². The molecular weight excluding hydrogens is 180 g/mol. The predicted octanol–water partition coefficient (Wildman–Crippen LogP) is 1.27. The summed E-state index contributed by atoms with van der Waals surface area (Å²) < 4.78 is 0. The highest BCUT2D eigenvalue weighted by Gasteiger charge is 2.01. The quantitative estimate of drug-likeness (QED) is 0.410. The molecule has 1 rings (SSSR count). The van der Waals surface area contributed by atoms with Crippen molar-refractivity contribution < 1.29 is 14.7 Å². The first-order valence-electron chi connectivity index (χ1n) is 3.95. The van der Waals surface area contributed by atoms with E-state index in [-0.39, 0.29) is 0 Å². The number of carboxylic acid groups (broad SMARTS) is 1. The zero-order valence-electron chi connectivity index (χ0n) is 7.57. The summed E-state index contributed by atoms with van der Waals surface area (Å²) in [5.41, 5.74) is 1.35. The maximum Gasteiger partial charge on any atom is 0.382 e. The van der Waals surface area contributed by atoms with Gasteiger partial charge in [0.15, 0.2) is 0 Å². The molecule has 1 aromatic rings. The first-order valence-corrected chi connectivity index (χ1v) is 3.95. The predicted molar refractivity (Wildman–Crippen MR) is 50.9 cm³/mol. The summed E-state index contributed by atoms with van der Waals surface area (Å²) in [6.45, 7) is 1.85. The third-order valence-corrected chi connectivity index (χ3v) is 1.56. The Bertz CT molecular complexity index is 435. The van der Waals surface area contributed by atoms with Gasteiger partial charge in [-0.15, -0.1) is 0 Å². The van der Waals surface area contributed by atoms with Gasteiger partial charge in [-0.2, -0.15) is 0 Å². The highest BCUT2D eigenvalue weighted by molar-refractivity contribution is 6.11. The topological polar surface area (TPSA) is 54.4 Å². The van der Waals surface area contributed by atoms with E-state index in [1.165, 1.54) is 0 Å². The Balaban J connectivity index is 2.92. The smallest absolute Gasteiger partial charge is 0.382 e. The number of Topliss-reactive ketones (excluding diaryl/α,β-unsaturated/α-hetero) is 1. The van der Waals surface area contributed by atoms with Crippen LogP contribution in [0.5, 0.6) is 0 Å². The molecule has 0 heterocycles. The van der Waals surface area contributed by atoms with Gasteiger partial charge in [0.05, 0.1) is 0 Å². The molecule has 1 N–H and O–H groups in total. The Morgan fingerprint density at radius 1 is 1.29 bits per heavy atom. The number of aryl methyl sites for hydroxylation is 1. The van der Waals surface area contributed by atoms with Crippen molar-refractivity contribution >= 4 is 11.8 Å². The minimum absolute atomic E-state index is 0.416. The fourth-order valence-corrected chi connectivity index (χ4v) is 0.969. The Morgan fingerprint density at radius 2 is 2.00 bits per heavy atom. The molecule has 0 unspecified atom stereocenters. The lowest BCUT2D eigenvalue weighted by molar-refractivity contribution is -0.130. The Hall–Kier alpha value is -2.08. The van der Waals surface area contributed by atoms with E-state index < -0.39 is 11.8 Å². The molecule has 3 nitrogen and oxygen atoms in total. The third kappa shape index (κ3) is 2.76. The second-order valence-electron chi connectivity index (χ2n) is 2.75. The zero-order valence-corrected chi connectivity index (χ0v) is 7.57. The zero-order chi connectivity index (χ0) is 10.6. The van der Waals surface area contributed by atoms with Crippen molar-refractivity contribution in [1.82, 2.24) is 0 Å². The maximum atomic E-state index is 11.3. The summed E-state index contributed by atoms with van der Waals surface area (Å²) in [7, 11) is 0. The van der Waals surface area contributed by atoms with Crippen LogP contribution in [-0.4, -0.2) is 16.9 Å². The van der Waals surface area contributed by atoms with Gasteiger partial charge in [-0.05, 0) is 18.9 Å². The number of hydrogen-bond acceptors (Lipinski definition) is 2. The van der Waals surface area contributed by atoms with Crippen molar-refractivity contribution in [2.45, 2.75) is 6.92 Å². The van der Waals surface area contributed by atoms with Crippen molar-refractivity contribution in [1.29, 1.82) is 0 Å². The van der Waals surface area contributed by atoms with Gasteiger partial charge >= 0.3 is 5.97 Å². The highest BCUT2D eigenvalue weighted by atomic mass is 16.4. The second kappa shape index (κ2) is 4.24. The molecule has 0 saturated carbocycles. The summed E-state index contributed by atoms with van der Waals surface area (Å²) in [5.74, 6) is 2.04. The second-order valence-corrected chi connectivity index (χ2v) is 2.75. The van der Waals surface area contributed by atoms with Gasteiger partial charge in [-0.3, -0.25) is 4.79 Å². The van der Waals surface area contributed by atoms with Crippen molar-refractivity contribution in [3.05, 3.63) is 35.4 Å². The monoisotopic (exact) mass is 188 g/mol. The van der Waals surface area contributed by atoms with E-state index in [1.54, 1.807) is 24.1 Å². The number of ketones is 1. The van der Waals surface area contributed by atoms with E-state index in [0.717, 1.165) is 5.56 Å². The standard InChI is InChI=1S/C11H8O3/c1-8-3-2-4-9(7-8)10(12)5-6-11(13)14/h2-4,7H,1H3,(H,13,14). The van der Waals surface area contributed by atoms with Crippen LogP contribution >= 0.6 is 0 Å². The number of carbonyl (C=O) groups is 2. The van der Waals surface area contributed by atoms with Crippen LogP contribution in [0.25, 0.3) is 0 Å². The Morgan fingerprint density at radius 3 is 2.57 bits per heavy atom. The molecule has 3 heteroatoms. The molecule has 0 bridgehead atoms. The number of rotatable bonds is 1. The number of aliphatic carboxylic acids is 1. The summed E-state index contributed by atoms with van der Waals surface area (Å²) in [6.07, 6.45) is 0. The molecule has 1 aromatic carbocycles. The van der Waals surface area contributed by atoms with E-state index in [1.807, 2.05) is 18.9 Å². The normalized spacial score (nSPS) is 8.64. The summed E-state index contributed by atoms with van der Waals surface area (Å²) in [5, 5.41) is 8.24. The molecule has 0 saturated heterocycles. The van der Waals surface area contributed by atoms with Crippen molar-refractivity contribution in [2.75, 3.05) is 0 Å². The molecule has 0 aliphatic carbocycles. The SMILES string of the molecule is Cc1cccc(C(=O)C#CC(=O)O)c1. The van der Waals surface area contributed by atoms with Crippen LogP contribution in [-0.2, 0) is 4.79 Å². The molecular formula is C11H8O3. The molecule has 70 valence electrons. The average molecular weight is 188 g/mol. The van der Waals surface area contributed by atoms with Crippen molar-refractivity contribution in [3.8, 4) is 11.8 Å². The van der Waals surface area contributed by atoms with E-state index in [4.69, 9.17) is 5.11 Å². The van der Waals surface area contributed by atoms with Gasteiger partial charge in [0.1, 0.15) is 0 Å². The van der Waals surface area contributed by atoms with Gasteiger partial charge in [-0.25, -0.2) is 4.79 Å². The molecule has 0 aliphatic heterocycles. The van der Waals surface area contributed by atoms with Crippen LogP contribution in [0.4, 0.5) is 0 Å². The molecule has 0 atom stereocenters. The van der Waals surface area contributed by atoms with Crippen LogP contribution in [0.3, 0.4) is 0 Å². The van der Waals surface area contributed by atoms with E-state index in [0.29, 0.717) is 5.56 Å². The fourth-order valence-electron chi connectivity index (χ4n) is 0.969. The largest absolute Gasteiger partial charge is 0.472 e. The first-order chi connectivity index (χ1) is 6.59. The minimum atomic E-state index is -1.30. The number of benzene rings is 1. The number of carbonyl (C=O) groups excluding carboxylic acids is 1. The van der Waals surface area contributed by atoms with E-state index in [2.05, 4.69) is 0 Å². The molecule has 0 radical (unpaired) electrons. The maximum absolute atomic E-state index is 11.3. The van der Waals surface area contributed by atoms with Crippen LogP contribution < -0.4 is 0 Å². The van der Waals surface area contributed by atoms with Crippen LogP contribution in [0.2, 0.25) is 0 Å². The third-order valence-electron chi connectivity index (χ3n) is 1.56. The first kappa shape index (κ1) is 10.0. The lowest BCUT2D eigenvalue weighted by Crippen LogP contribution is -1.97. The number of hydrogen-bond donors (Lipinski definition) is 1. The lowest BCUT2D eigenvalue weighted by Gasteiger charge is -1.94. The Kier molecular flexibility index (Phi) is 3.03. The van der Waals surface area contributed by atoms with Crippen LogP contribution in [0, 0.1) is 18.8 Å². The van der Waals surface area contributed by atoms with Gasteiger partial charge in [0, 0.05) is 11.5 Å². The molecule has 0 aromatic heterocycles.